The predicted molar refractivity (Wildman–Crippen MR) is 123 cm³/mol. The molecule has 0 bridgehead atoms. The SMILES string of the molecule is CS(=O)N1CCC(Nc2ncc(C(F)(F)F)c(-c3cn(-c4ccc(OC(F)F)cc4C#N)cn3)n2)CC1. The minimum Gasteiger partial charge on any atom is -0.435 e. The van der Waals surface area contributed by atoms with Crippen LogP contribution in [0.25, 0.3) is 17.1 Å². The van der Waals surface area contributed by atoms with Gasteiger partial charge in [-0.1, -0.05) is 0 Å². The second-order valence-electron chi connectivity index (χ2n) is 8.06. The minimum absolute atomic E-state index is 0.0140. The Hall–Kier alpha value is -3.64. The number of benzene rings is 1. The van der Waals surface area contributed by atoms with E-state index in [1.807, 2.05) is 6.07 Å². The fourth-order valence-electron chi connectivity index (χ4n) is 3.88. The fourth-order valence-corrected chi connectivity index (χ4v) is 4.60. The molecular weight excluding hydrogens is 521 g/mol. The number of anilines is 1. The Morgan fingerprint density at radius 1 is 1.24 bits per heavy atom. The van der Waals surface area contributed by atoms with Gasteiger partial charge in [0.1, 0.15) is 35.1 Å². The average molecular weight is 542 g/mol. The summed E-state index contributed by atoms with van der Waals surface area (Å²) in [5, 5.41) is 12.5. The molecule has 0 amide bonds. The number of hydrogen-bond acceptors (Lipinski definition) is 7. The Bertz CT molecular complexity index is 1330. The molecule has 1 fully saturated rings. The second-order valence-corrected chi connectivity index (χ2v) is 9.42. The normalized spacial score (nSPS) is 15.9. The average Bonchev–Trinajstić information content (AvgIpc) is 3.33. The lowest BCUT2D eigenvalue weighted by molar-refractivity contribution is -0.137. The molecule has 9 nitrogen and oxygen atoms in total. The van der Waals surface area contributed by atoms with Crippen molar-refractivity contribution in [2.45, 2.75) is 31.7 Å². The molecule has 15 heteroatoms. The molecule has 196 valence electrons. The third-order valence-corrected chi connectivity index (χ3v) is 6.75. The molecule has 1 saturated heterocycles. The van der Waals surface area contributed by atoms with Crippen LogP contribution in [0.5, 0.6) is 5.75 Å². The maximum Gasteiger partial charge on any atom is 0.420 e. The van der Waals surface area contributed by atoms with Gasteiger partial charge in [0.25, 0.3) is 0 Å². The summed E-state index contributed by atoms with van der Waals surface area (Å²) >= 11 is 0. The van der Waals surface area contributed by atoms with Crippen molar-refractivity contribution in [2.24, 2.45) is 0 Å². The second kappa shape index (κ2) is 10.8. The Balaban J connectivity index is 1.63. The molecule has 1 aliphatic heterocycles. The van der Waals surface area contributed by atoms with E-state index in [-0.39, 0.29) is 34.7 Å². The molecule has 1 aromatic carbocycles. The molecule has 1 atom stereocenters. The molecule has 1 unspecified atom stereocenters. The number of imidazole rings is 1. The van der Waals surface area contributed by atoms with Crippen molar-refractivity contribution in [1.82, 2.24) is 23.8 Å². The number of nitrogens with one attached hydrogen (secondary N) is 1. The van der Waals surface area contributed by atoms with Gasteiger partial charge in [-0.05, 0) is 25.0 Å². The van der Waals surface area contributed by atoms with Crippen LogP contribution in [0.15, 0.2) is 36.9 Å². The standard InChI is InChI=1S/C22H20F5N7O2S/c1-37(35)34-6-4-14(5-7-34)31-21-29-10-16(22(25,26)27)19(32-21)17-11-33(12-30-17)18-3-2-15(36-20(23)24)8-13(18)9-28/h2-3,8,10-12,14,20H,4-7H2,1H3,(H,29,31,32). The Morgan fingerprint density at radius 3 is 2.59 bits per heavy atom. The van der Waals surface area contributed by atoms with Gasteiger partial charge in [-0.2, -0.15) is 27.2 Å². The summed E-state index contributed by atoms with van der Waals surface area (Å²) in [5.41, 5.74) is -1.55. The molecule has 2 aromatic heterocycles. The van der Waals surface area contributed by atoms with Crippen LogP contribution in [0, 0.1) is 11.3 Å². The van der Waals surface area contributed by atoms with Crippen LogP contribution in [0.2, 0.25) is 0 Å². The van der Waals surface area contributed by atoms with Crippen molar-refractivity contribution in [3.8, 4) is 28.9 Å². The van der Waals surface area contributed by atoms with Gasteiger partial charge in [0, 0.05) is 43.8 Å². The van der Waals surface area contributed by atoms with Crippen LogP contribution >= 0.6 is 0 Å². The summed E-state index contributed by atoms with van der Waals surface area (Å²) in [6.07, 6.45) is 1.15. The van der Waals surface area contributed by atoms with E-state index in [2.05, 4.69) is 25.0 Å². The van der Waals surface area contributed by atoms with Crippen LogP contribution < -0.4 is 10.1 Å². The molecule has 0 saturated carbocycles. The van der Waals surface area contributed by atoms with Crippen molar-refractivity contribution < 1.29 is 30.9 Å². The van der Waals surface area contributed by atoms with E-state index in [0.717, 1.165) is 6.07 Å². The van der Waals surface area contributed by atoms with E-state index >= 15 is 0 Å². The maximum atomic E-state index is 13.8. The summed E-state index contributed by atoms with van der Waals surface area (Å²) in [6.45, 7) is -1.97. The summed E-state index contributed by atoms with van der Waals surface area (Å²) in [5.74, 6) is -0.252. The zero-order valence-corrected chi connectivity index (χ0v) is 20.1. The highest BCUT2D eigenvalue weighted by atomic mass is 32.2. The van der Waals surface area contributed by atoms with Gasteiger partial charge in [-0.15, -0.1) is 0 Å². The Kier molecular flexibility index (Phi) is 7.69. The highest BCUT2D eigenvalue weighted by Gasteiger charge is 2.36. The van der Waals surface area contributed by atoms with E-state index in [1.54, 1.807) is 10.6 Å². The van der Waals surface area contributed by atoms with E-state index in [1.165, 1.54) is 29.2 Å². The number of piperidine rings is 1. The van der Waals surface area contributed by atoms with Gasteiger partial charge in [0.2, 0.25) is 5.95 Å². The molecule has 0 spiro atoms. The third kappa shape index (κ3) is 6.20. The lowest BCUT2D eigenvalue weighted by Crippen LogP contribution is -2.39. The molecule has 1 aliphatic rings. The number of halogens is 5. The van der Waals surface area contributed by atoms with Gasteiger partial charge < -0.3 is 14.6 Å². The van der Waals surface area contributed by atoms with Crippen LogP contribution in [-0.4, -0.2) is 60.0 Å². The topological polar surface area (TPSA) is 109 Å². The first kappa shape index (κ1) is 26.4. The lowest BCUT2D eigenvalue weighted by atomic mass is 10.1. The van der Waals surface area contributed by atoms with E-state index in [9.17, 15) is 31.4 Å². The van der Waals surface area contributed by atoms with E-state index in [0.29, 0.717) is 32.1 Å². The molecule has 37 heavy (non-hydrogen) atoms. The summed E-state index contributed by atoms with van der Waals surface area (Å²) < 4.78 is 85.2. The quantitative estimate of drug-likeness (QED) is 0.451. The largest absolute Gasteiger partial charge is 0.435 e. The van der Waals surface area contributed by atoms with Gasteiger partial charge in [0.05, 0.1) is 22.2 Å². The number of ether oxygens (including phenoxy) is 1. The first-order valence-corrected chi connectivity index (χ1v) is 12.4. The number of hydrogen-bond donors (Lipinski definition) is 1. The first-order chi connectivity index (χ1) is 17.5. The Labute approximate surface area is 210 Å². The first-order valence-electron chi connectivity index (χ1n) is 10.9. The van der Waals surface area contributed by atoms with E-state index < -0.39 is 35.0 Å². The summed E-state index contributed by atoms with van der Waals surface area (Å²) in [4.78, 5) is 12.0. The maximum absolute atomic E-state index is 13.8. The van der Waals surface area contributed by atoms with Crippen LogP contribution in [0.4, 0.5) is 27.9 Å². The fraction of sp³-hybridized carbons (Fsp3) is 0.364. The third-order valence-electron chi connectivity index (χ3n) is 5.66. The highest BCUT2D eigenvalue weighted by Crippen LogP contribution is 2.36. The zero-order chi connectivity index (χ0) is 26.7. The van der Waals surface area contributed by atoms with Crippen LogP contribution in [-0.2, 0) is 17.2 Å². The van der Waals surface area contributed by atoms with Gasteiger partial charge in [0.15, 0.2) is 0 Å². The zero-order valence-electron chi connectivity index (χ0n) is 19.2. The van der Waals surface area contributed by atoms with Gasteiger partial charge in [-0.3, -0.25) is 0 Å². The summed E-state index contributed by atoms with van der Waals surface area (Å²) in [7, 11) is -1.10. The molecule has 4 rings (SSSR count). The van der Waals surface area contributed by atoms with Gasteiger partial charge in [-0.25, -0.2) is 23.5 Å². The van der Waals surface area contributed by atoms with Crippen LogP contribution in [0.1, 0.15) is 24.0 Å². The molecule has 3 aromatic rings. The summed E-state index contributed by atoms with van der Waals surface area (Å²) in [6, 6.07) is 5.34. The van der Waals surface area contributed by atoms with Crippen LogP contribution in [0.3, 0.4) is 0 Å². The van der Waals surface area contributed by atoms with Gasteiger partial charge >= 0.3 is 12.8 Å². The number of rotatable bonds is 7. The van der Waals surface area contributed by atoms with Crippen molar-refractivity contribution in [3.63, 3.8) is 0 Å². The lowest BCUT2D eigenvalue weighted by Gasteiger charge is -2.30. The highest BCUT2D eigenvalue weighted by molar-refractivity contribution is 7.81. The van der Waals surface area contributed by atoms with Crippen molar-refractivity contribution in [2.75, 3.05) is 24.7 Å². The van der Waals surface area contributed by atoms with Crippen molar-refractivity contribution in [3.05, 3.63) is 48.0 Å². The Morgan fingerprint density at radius 2 is 1.97 bits per heavy atom. The molecule has 0 radical (unpaired) electrons. The number of nitrogens with zero attached hydrogens (tertiary/aromatic N) is 6. The molecule has 1 N–H and O–H groups in total. The number of aromatic nitrogens is 4. The minimum atomic E-state index is -4.76. The molecular formula is C22H20F5N7O2S. The smallest absolute Gasteiger partial charge is 0.420 e. The van der Waals surface area contributed by atoms with Crippen molar-refractivity contribution >= 4 is 16.9 Å². The predicted octanol–water partition coefficient (Wildman–Crippen LogP) is 3.99. The van der Waals surface area contributed by atoms with E-state index in [4.69, 9.17) is 0 Å². The van der Waals surface area contributed by atoms with Crippen molar-refractivity contribution in [1.29, 1.82) is 5.26 Å². The number of alkyl halides is 5. The molecule has 0 aliphatic carbocycles. The number of nitriles is 1. The molecule has 3 heterocycles. The monoisotopic (exact) mass is 541 g/mol.